The number of rotatable bonds is 4. The van der Waals surface area contributed by atoms with Crippen LogP contribution < -0.4 is 5.32 Å². The molecule has 1 aromatic carbocycles. The van der Waals surface area contributed by atoms with Crippen molar-refractivity contribution in [1.29, 1.82) is 0 Å². The summed E-state index contributed by atoms with van der Waals surface area (Å²) in [6.45, 7) is 1.52. The molecule has 6 heteroatoms. The largest absolute Gasteiger partial charge is 0.340 e. The van der Waals surface area contributed by atoms with Gasteiger partial charge in [0.1, 0.15) is 0 Å². The van der Waals surface area contributed by atoms with E-state index in [-0.39, 0.29) is 0 Å². The van der Waals surface area contributed by atoms with Crippen LogP contribution in [0, 0.1) is 0 Å². The van der Waals surface area contributed by atoms with Gasteiger partial charge in [0.2, 0.25) is 0 Å². The average molecular weight is 256 g/mol. The van der Waals surface area contributed by atoms with Crippen molar-refractivity contribution in [2.45, 2.75) is 13.1 Å². The van der Waals surface area contributed by atoms with Crippen LogP contribution in [0.15, 0.2) is 30.5 Å². The maximum Gasteiger partial charge on any atom is 0.194 e. The Morgan fingerprint density at radius 2 is 2.16 bits per heavy atom. The topological polar surface area (TPSA) is 60.6 Å². The number of hydrogen-bond donors (Lipinski definition) is 1. The van der Waals surface area contributed by atoms with E-state index >= 15 is 0 Å². The van der Waals surface area contributed by atoms with Crippen LogP contribution in [-0.4, -0.2) is 31.8 Å². The number of nitrogens with zero attached hydrogens (tertiary/aromatic N) is 5. The fourth-order valence-electron chi connectivity index (χ4n) is 2.24. The maximum absolute atomic E-state index is 4.20. The van der Waals surface area contributed by atoms with E-state index < -0.39 is 0 Å². The number of nitrogens with one attached hydrogen (secondary N) is 1. The van der Waals surface area contributed by atoms with E-state index in [1.807, 2.05) is 7.05 Å². The fourth-order valence-corrected chi connectivity index (χ4v) is 2.24. The van der Waals surface area contributed by atoms with Crippen LogP contribution in [0.5, 0.6) is 0 Å². The minimum absolute atomic E-state index is 0.642. The van der Waals surface area contributed by atoms with Crippen molar-refractivity contribution in [3.8, 4) is 0 Å². The van der Waals surface area contributed by atoms with Crippen molar-refractivity contribution < 1.29 is 0 Å². The maximum atomic E-state index is 4.20. The summed E-state index contributed by atoms with van der Waals surface area (Å²) < 4.78 is 2.13. The van der Waals surface area contributed by atoms with Crippen LogP contribution in [0.1, 0.15) is 11.4 Å². The molecule has 98 valence electrons. The molecule has 0 saturated heterocycles. The number of fused-ring (bicyclic) bond motifs is 1. The van der Waals surface area contributed by atoms with Crippen LogP contribution in [0.25, 0.3) is 10.9 Å². The second-order valence-electron chi connectivity index (χ2n) is 4.56. The smallest absolute Gasteiger partial charge is 0.194 e. The summed E-state index contributed by atoms with van der Waals surface area (Å²) in [5.74, 6) is 0.722. The summed E-state index contributed by atoms with van der Waals surface area (Å²) in [5, 5.41) is 16.5. The molecule has 0 aliphatic rings. The molecule has 6 nitrogen and oxygen atoms in total. The predicted octanol–water partition coefficient (Wildman–Crippen LogP) is 0.932. The highest BCUT2D eigenvalue weighted by atomic mass is 15.6. The standard InChI is InChI=1S/C13H16N6/c1-14-8-10-3-4-12-11(7-10)5-6-19(12)9-13-15-17-18(2)16-13/h3-7,14H,8-9H2,1-2H3. The zero-order valence-corrected chi connectivity index (χ0v) is 11.0. The van der Waals surface area contributed by atoms with Crippen molar-refractivity contribution in [3.05, 3.63) is 41.9 Å². The van der Waals surface area contributed by atoms with Crippen LogP contribution in [-0.2, 0) is 20.1 Å². The van der Waals surface area contributed by atoms with Gasteiger partial charge in [-0.05, 0) is 41.4 Å². The average Bonchev–Trinajstić information content (AvgIpc) is 2.97. The zero-order chi connectivity index (χ0) is 13.2. The van der Waals surface area contributed by atoms with Crippen molar-refractivity contribution in [3.63, 3.8) is 0 Å². The first-order chi connectivity index (χ1) is 9.26. The third-order valence-electron chi connectivity index (χ3n) is 3.08. The Balaban J connectivity index is 1.92. The van der Waals surface area contributed by atoms with Gasteiger partial charge in [-0.15, -0.1) is 10.2 Å². The van der Waals surface area contributed by atoms with Gasteiger partial charge in [0.05, 0.1) is 13.6 Å². The lowest BCUT2D eigenvalue weighted by atomic mass is 10.1. The lowest BCUT2D eigenvalue weighted by molar-refractivity contribution is 0.626. The SMILES string of the molecule is CNCc1ccc2c(ccn2Cc2nnn(C)n2)c1. The van der Waals surface area contributed by atoms with E-state index in [1.54, 1.807) is 7.05 Å². The Morgan fingerprint density at radius 3 is 2.89 bits per heavy atom. The third kappa shape index (κ3) is 2.34. The first-order valence-corrected chi connectivity index (χ1v) is 6.21. The highest BCUT2D eigenvalue weighted by molar-refractivity contribution is 5.80. The van der Waals surface area contributed by atoms with Gasteiger partial charge in [-0.2, -0.15) is 4.80 Å². The lowest BCUT2D eigenvalue weighted by Gasteiger charge is -2.04. The molecule has 0 atom stereocenters. The molecular weight excluding hydrogens is 240 g/mol. The van der Waals surface area contributed by atoms with Gasteiger partial charge in [-0.25, -0.2) is 0 Å². The van der Waals surface area contributed by atoms with Crippen LogP contribution in [0.4, 0.5) is 0 Å². The molecule has 0 unspecified atom stereocenters. The molecule has 0 saturated carbocycles. The number of tetrazole rings is 1. The van der Waals surface area contributed by atoms with Crippen LogP contribution in [0.2, 0.25) is 0 Å². The second-order valence-corrected chi connectivity index (χ2v) is 4.56. The monoisotopic (exact) mass is 256 g/mol. The molecule has 0 fully saturated rings. The van der Waals surface area contributed by atoms with E-state index in [0.717, 1.165) is 12.4 Å². The Hall–Kier alpha value is -2.21. The van der Waals surface area contributed by atoms with E-state index in [2.05, 4.69) is 55.8 Å². The molecule has 19 heavy (non-hydrogen) atoms. The minimum atomic E-state index is 0.642. The van der Waals surface area contributed by atoms with Gasteiger partial charge in [-0.3, -0.25) is 0 Å². The normalized spacial score (nSPS) is 11.3. The summed E-state index contributed by atoms with van der Waals surface area (Å²) >= 11 is 0. The van der Waals surface area contributed by atoms with Crippen LogP contribution >= 0.6 is 0 Å². The second kappa shape index (κ2) is 4.81. The molecule has 0 amide bonds. The van der Waals surface area contributed by atoms with Crippen molar-refractivity contribution in [2.24, 2.45) is 7.05 Å². The third-order valence-corrected chi connectivity index (χ3v) is 3.08. The van der Waals surface area contributed by atoms with Crippen LogP contribution in [0.3, 0.4) is 0 Å². The van der Waals surface area contributed by atoms with E-state index in [4.69, 9.17) is 0 Å². The van der Waals surface area contributed by atoms with E-state index in [0.29, 0.717) is 6.54 Å². The number of benzene rings is 1. The molecule has 1 N–H and O–H groups in total. The van der Waals surface area contributed by atoms with Gasteiger partial charge in [-0.1, -0.05) is 6.07 Å². The molecule has 3 aromatic rings. The van der Waals surface area contributed by atoms with Gasteiger partial charge >= 0.3 is 0 Å². The Morgan fingerprint density at radius 1 is 1.26 bits per heavy atom. The van der Waals surface area contributed by atoms with Gasteiger partial charge in [0.15, 0.2) is 5.82 Å². The molecule has 0 bridgehead atoms. The van der Waals surface area contributed by atoms with E-state index in [9.17, 15) is 0 Å². The van der Waals surface area contributed by atoms with Gasteiger partial charge in [0, 0.05) is 18.3 Å². The molecule has 3 rings (SSSR count). The van der Waals surface area contributed by atoms with Crippen molar-refractivity contribution in [2.75, 3.05) is 7.05 Å². The summed E-state index contributed by atoms with van der Waals surface area (Å²) in [6, 6.07) is 8.59. The Labute approximate surface area is 111 Å². The molecule has 2 aromatic heterocycles. The Bertz CT molecular complexity index is 696. The quantitative estimate of drug-likeness (QED) is 0.754. The first kappa shape index (κ1) is 11.9. The molecule has 0 spiro atoms. The number of aromatic nitrogens is 5. The fraction of sp³-hybridized carbons (Fsp3) is 0.308. The molecule has 2 heterocycles. The summed E-state index contributed by atoms with van der Waals surface area (Å²) in [6.07, 6.45) is 2.06. The summed E-state index contributed by atoms with van der Waals surface area (Å²) in [7, 11) is 3.73. The first-order valence-electron chi connectivity index (χ1n) is 6.21. The Kier molecular flexibility index (Phi) is 3.00. The molecule has 0 aliphatic carbocycles. The van der Waals surface area contributed by atoms with Crippen molar-refractivity contribution >= 4 is 10.9 Å². The predicted molar refractivity (Wildman–Crippen MR) is 72.6 cm³/mol. The zero-order valence-electron chi connectivity index (χ0n) is 11.0. The molecule has 0 aliphatic heterocycles. The summed E-state index contributed by atoms with van der Waals surface area (Å²) in [5.41, 5.74) is 2.47. The molecule has 0 radical (unpaired) electrons. The van der Waals surface area contributed by atoms with Gasteiger partial charge in [0.25, 0.3) is 0 Å². The highest BCUT2D eigenvalue weighted by Gasteiger charge is 2.06. The number of hydrogen-bond acceptors (Lipinski definition) is 4. The minimum Gasteiger partial charge on any atom is -0.340 e. The summed E-state index contributed by atoms with van der Waals surface area (Å²) in [4.78, 5) is 1.48. The number of aryl methyl sites for hydroxylation is 1. The van der Waals surface area contributed by atoms with E-state index in [1.165, 1.54) is 21.3 Å². The van der Waals surface area contributed by atoms with Crippen molar-refractivity contribution in [1.82, 2.24) is 30.1 Å². The lowest BCUT2D eigenvalue weighted by Crippen LogP contribution is -2.05. The highest BCUT2D eigenvalue weighted by Crippen LogP contribution is 2.18. The molecular formula is C13H16N6. The van der Waals surface area contributed by atoms with Gasteiger partial charge < -0.3 is 9.88 Å².